The summed E-state index contributed by atoms with van der Waals surface area (Å²) in [4.78, 5) is 3.94. The largest absolute Gasteiger partial charge is 0.382 e. The van der Waals surface area contributed by atoms with Crippen LogP contribution in [0.1, 0.15) is 0 Å². The van der Waals surface area contributed by atoms with Gasteiger partial charge in [-0.25, -0.2) is 4.68 Å². The number of halogens is 1. The molecule has 0 amide bonds. The Balaban J connectivity index is 2.46. The van der Waals surface area contributed by atoms with Crippen molar-refractivity contribution in [3.8, 4) is 5.69 Å². The lowest BCUT2D eigenvalue weighted by atomic mass is 10.4. The van der Waals surface area contributed by atoms with E-state index >= 15 is 0 Å². The molecule has 0 radical (unpaired) electrons. The summed E-state index contributed by atoms with van der Waals surface area (Å²) in [5, 5.41) is 4.59. The summed E-state index contributed by atoms with van der Waals surface area (Å²) in [6.07, 6.45) is 4.99. The number of pyridine rings is 1. The fourth-order valence-corrected chi connectivity index (χ4v) is 1.18. The summed E-state index contributed by atoms with van der Waals surface area (Å²) >= 11 is 5.77. The third-order valence-corrected chi connectivity index (χ3v) is 1.77. The van der Waals surface area contributed by atoms with Crippen LogP contribution in [-0.2, 0) is 0 Å². The second-order valence-electron chi connectivity index (χ2n) is 2.55. The maximum atomic E-state index is 5.77. The van der Waals surface area contributed by atoms with Gasteiger partial charge in [0.05, 0.1) is 16.9 Å². The van der Waals surface area contributed by atoms with Crippen molar-refractivity contribution in [2.24, 2.45) is 0 Å². The van der Waals surface area contributed by atoms with Crippen LogP contribution in [0.3, 0.4) is 0 Å². The maximum Gasteiger partial charge on any atom is 0.145 e. The van der Waals surface area contributed by atoms with Gasteiger partial charge < -0.3 is 5.73 Å². The van der Waals surface area contributed by atoms with Crippen molar-refractivity contribution in [3.05, 3.63) is 35.7 Å². The number of hydrogen-bond acceptors (Lipinski definition) is 3. The van der Waals surface area contributed by atoms with Gasteiger partial charge in [-0.15, -0.1) is 0 Å². The van der Waals surface area contributed by atoms with E-state index in [1.54, 1.807) is 35.4 Å². The van der Waals surface area contributed by atoms with Crippen LogP contribution in [0.5, 0.6) is 0 Å². The molecule has 2 N–H and O–H groups in total. The second-order valence-corrected chi connectivity index (χ2v) is 2.98. The predicted octanol–water partition coefficient (Wildman–Crippen LogP) is 1.50. The molecule has 0 saturated heterocycles. The Labute approximate surface area is 80.0 Å². The molecule has 4 nitrogen and oxygen atoms in total. The van der Waals surface area contributed by atoms with Crippen LogP contribution in [0.25, 0.3) is 5.69 Å². The van der Waals surface area contributed by atoms with Gasteiger partial charge in [-0.2, -0.15) is 5.10 Å². The first-order valence-corrected chi connectivity index (χ1v) is 4.05. The average molecular weight is 195 g/mol. The number of rotatable bonds is 1. The number of nitrogens with two attached hydrogens (primary N) is 1. The van der Waals surface area contributed by atoms with Crippen molar-refractivity contribution in [1.29, 1.82) is 0 Å². The van der Waals surface area contributed by atoms with Gasteiger partial charge in [-0.3, -0.25) is 4.98 Å². The van der Waals surface area contributed by atoms with Crippen molar-refractivity contribution in [1.82, 2.24) is 14.8 Å². The lowest BCUT2D eigenvalue weighted by Crippen LogP contribution is -1.96. The number of aromatic nitrogens is 3. The Morgan fingerprint density at radius 2 is 2.23 bits per heavy atom. The molecule has 5 heteroatoms. The SMILES string of the molecule is Nc1ccn(-c2cncc(Cl)c2)n1. The van der Waals surface area contributed by atoms with Crippen molar-refractivity contribution >= 4 is 17.4 Å². The standard InChI is InChI=1S/C8H7ClN4/c9-6-3-7(5-11-4-6)13-2-1-8(10)12-13/h1-5H,(H2,10,12). The highest BCUT2D eigenvalue weighted by molar-refractivity contribution is 6.30. The smallest absolute Gasteiger partial charge is 0.145 e. The third-order valence-electron chi connectivity index (χ3n) is 1.56. The van der Waals surface area contributed by atoms with Gasteiger partial charge in [-0.05, 0) is 6.07 Å². The molecule has 0 bridgehead atoms. The summed E-state index contributed by atoms with van der Waals surface area (Å²) in [6.45, 7) is 0. The number of nitrogens with zero attached hydrogens (tertiary/aromatic N) is 3. The van der Waals surface area contributed by atoms with E-state index in [4.69, 9.17) is 17.3 Å². The van der Waals surface area contributed by atoms with Gasteiger partial charge in [0.25, 0.3) is 0 Å². The third kappa shape index (κ3) is 1.62. The van der Waals surface area contributed by atoms with Crippen LogP contribution in [-0.4, -0.2) is 14.8 Å². The van der Waals surface area contributed by atoms with Gasteiger partial charge in [0.1, 0.15) is 5.82 Å². The maximum absolute atomic E-state index is 5.77. The first kappa shape index (κ1) is 8.07. The minimum atomic E-state index is 0.472. The van der Waals surface area contributed by atoms with E-state index in [1.807, 2.05) is 0 Å². The molecule has 0 atom stereocenters. The minimum Gasteiger partial charge on any atom is -0.382 e. The van der Waals surface area contributed by atoms with E-state index in [-0.39, 0.29) is 0 Å². The molecule has 0 saturated carbocycles. The molecule has 66 valence electrons. The van der Waals surface area contributed by atoms with Crippen molar-refractivity contribution < 1.29 is 0 Å². The molecule has 2 aromatic rings. The van der Waals surface area contributed by atoms with Crippen molar-refractivity contribution in [2.45, 2.75) is 0 Å². The summed E-state index contributed by atoms with van der Waals surface area (Å²) in [5.41, 5.74) is 6.26. The fraction of sp³-hybridized carbons (Fsp3) is 0. The van der Waals surface area contributed by atoms with Crippen LogP contribution in [0, 0.1) is 0 Å². The Bertz CT molecular complexity index is 424. The highest BCUT2D eigenvalue weighted by atomic mass is 35.5. The Morgan fingerprint density at radius 1 is 1.38 bits per heavy atom. The van der Waals surface area contributed by atoms with E-state index in [0.29, 0.717) is 10.8 Å². The van der Waals surface area contributed by atoms with Crippen LogP contribution >= 0.6 is 11.6 Å². The molecule has 0 aliphatic rings. The van der Waals surface area contributed by atoms with E-state index < -0.39 is 0 Å². The Kier molecular flexibility index (Phi) is 1.90. The lowest BCUT2D eigenvalue weighted by Gasteiger charge is -1.99. The first-order chi connectivity index (χ1) is 6.25. The first-order valence-electron chi connectivity index (χ1n) is 3.68. The summed E-state index contributed by atoms with van der Waals surface area (Å²) in [7, 11) is 0. The van der Waals surface area contributed by atoms with Gasteiger partial charge >= 0.3 is 0 Å². The van der Waals surface area contributed by atoms with E-state index in [1.165, 1.54) is 0 Å². The van der Waals surface area contributed by atoms with E-state index in [2.05, 4.69) is 10.1 Å². The Morgan fingerprint density at radius 3 is 2.85 bits per heavy atom. The van der Waals surface area contributed by atoms with Crippen molar-refractivity contribution in [2.75, 3.05) is 5.73 Å². The Hall–Kier alpha value is -1.55. The highest BCUT2D eigenvalue weighted by Crippen LogP contribution is 2.12. The monoisotopic (exact) mass is 194 g/mol. The number of anilines is 1. The minimum absolute atomic E-state index is 0.472. The molecular formula is C8H7ClN4. The molecule has 0 fully saturated rings. The molecule has 0 spiro atoms. The second kappa shape index (κ2) is 3.06. The summed E-state index contributed by atoms with van der Waals surface area (Å²) in [5.74, 6) is 0.472. The summed E-state index contributed by atoms with van der Waals surface area (Å²) < 4.78 is 1.62. The normalized spacial score (nSPS) is 10.2. The topological polar surface area (TPSA) is 56.7 Å². The van der Waals surface area contributed by atoms with Crippen LogP contribution in [0.4, 0.5) is 5.82 Å². The van der Waals surface area contributed by atoms with Crippen molar-refractivity contribution in [3.63, 3.8) is 0 Å². The summed E-state index contributed by atoms with van der Waals surface area (Å²) in [6, 6.07) is 3.47. The van der Waals surface area contributed by atoms with Crippen LogP contribution < -0.4 is 5.73 Å². The lowest BCUT2D eigenvalue weighted by molar-refractivity contribution is 0.879. The number of hydrogen-bond donors (Lipinski definition) is 1. The van der Waals surface area contributed by atoms with Gasteiger partial charge in [0.2, 0.25) is 0 Å². The highest BCUT2D eigenvalue weighted by Gasteiger charge is 1.98. The molecule has 0 aromatic carbocycles. The van der Waals surface area contributed by atoms with Gasteiger partial charge in [-0.1, -0.05) is 11.6 Å². The molecule has 0 aliphatic carbocycles. The predicted molar refractivity (Wildman–Crippen MR) is 50.8 cm³/mol. The van der Waals surface area contributed by atoms with E-state index in [0.717, 1.165) is 5.69 Å². The average Bonchev–Trinajstić information content (AvgIpc) is 2.52. The molecule has 13 heavy (non-hydrogen) atoms. The molecule has 0 unspecified atom stereocenters. The van der Waals surface area contributed by atoms with Gasteiger partial charge in [0, 0.05) is 18.5 Å². The van der Waals surface area contributed by atoms with E-state index in [9.17, 15) is 0 Å². The van der Waals surface area contributed by atoms with Gasteiger partial charge in [0.15, 0.2) is 0 Å². The number of nitrogen functional groups attached to an aromatic ring is 1. The molecule has 2 rings (SSSR count). The molecular weight excluding hydrogens is 188 g/mol. The fourth-order valence-electron chi connectivity index (χ4n) is 1.01. The molecule has 2 aromatic heterocycles. The van der Waals surface area contributed by atoms with Crippen LogP contribution in [0.2, 0.25) is 5.02 Å². The quantitative estimate of drug-likeness (QED) is 0.749. The molecule has 0 aliphatic heterocycles. The molecule has 2 heterocycles. The van der Waals surface area contributed by atoms with Crippen LogP contribution in [0.15, 0.2) is 30.7 Å². The zero-order valence-corrected chi connectivity index (χ0v) is 7.44. The zero-order valence-electron chi connectivity index (χ0n) is 6.68. The zero-order chi connectivity index (χ0) is 9.26.